The van der Waals surface area contributed by atoms with Gasteiger partial charge in [0, 0.05) is 11.1 Å². The van der Waals surface area contributed by atoms with Crippen LogP contribution in [0.3, 0.4) is 0 Å². The molecule has 0 bridgehead atoms. The van der Waals surface area contributed by atoms with E-state index in [2.05, 4.69) is 10.5 Å². The highest BCUT2D eigenvalue weighted by Gasteiger charge is 2.10. The Bertz CT molecular complexity index is 743. The highest BCUT2D eigenvalue weighted by molar-refractivity contribution is 5.95. The lowest BCUT2D eigenvalue weighted by Gasteiger charge is -2.08. The number of hydrazone groups is 1. The molecule has 120 valence electrons. The first-order chi connectivity index (χ1) is 11.1. The highest BCUT2D eigenvalue weighted by Crippen LogP contribution is 2.28. The number of benzene rings is 2. The van der Waals surface area contributed by atoms with Crippen molar-refractivity contribution in [1.82, 2.24) is 5.43 Å². The molecule has 0 atom stereocenters. The second kappa shape index (κ2) is 7.17. The Morgan fingerprint density at radius 1 is 1.13 bits per heavy atom. The van der Waals surface area contributed by atoms with Crippen LogP contribution in [-0.2, 0) is 0 Å². The molecule has 0 aliphatic carbocycles. The summed E-state index contributed by atoms with van der Waals surface area (Å²) in [4.78, 5) is 12.0. The first-order valence-corrected chi connectivity index (χ1v) is 6.63. The van der Waals surface area contributed by atoms with Crippen molar-refractivity contribution in [2.24, 2.45) is 5.10 Å². The zero-order valence-corrected chi connectivity index (χ0v) is 12.6. The van der Waals surface area contributed by atoms with Gasteiger partial charge in [0.25, 0.3) is 5.91 Å². The summed E-state index contributed by atoms with van der Waals surface area (Å²) in [5.74, 6) is -0.0920. The molecule has 2 aromatic carbocycles. The number of carbonyl (C=O) groups excluding carboxylic acids is 1. The van der Waals surface area contributed by atoms with Crippen molar-refractivity contribution in [2.45, 2.75) is 0 Å². The van der Waals surface area contributed by atoms with Crippen molar-refractivity contribution in [3.8, 4) is 23.0 Å². The number of methoxy groups -OCH3 is 2. The SMILES string of the molecule is COc1ccc(C(=O)N/N=C/c2cccc(O)c2O)cc1OC. The van der Waals surface area contributed by atoms with E-state index in [-0.39, 0.29) is 17.1 Å². The largest absolute Gasteiger partial charge is 0.504 e. The predicted molar refractivity (Wildman–Crippen MR) is 84.4 cm³/mol. The molecule has 7 nitrogen and oxygen atoms in total. The molecule has 23 heavy (non-hydrogen) atoms. The third-order valence-corrected chi connectivity index (χ3v) is 3.06. The second-order valence-electron chi connectivity index (χ2n) is 4.48. The molecule has 2 rings (SSSR count). The third-order valence-electron chi connectivity index (χ3n) is 3.06. The molecule has 7 heteroatoms. The van der Waals surface area contributed by atoms with E-state index in [0.717, 1.165) is 0 Å². The van der Waals surface area contributed by atoms with E-state index in [1.54, 1.807) is 24.3 Å². The van der Waals surface area contributed by atoms with Crippen LogP contribution in [0.15, 0.2) is 41.5 Å². The van der Waals surface area contributed by atoms with E-state index in [1.807, 2.05) is 0 Å². The molecular weight excluding hydrogens is 300 g/mol. The van der Waals surface area contributed by atoms with Crippen molar-refractivity contribution in [1.29, 1.82) is 0 Å². The molecule has 1 amide bonds. The van der Waals surface area contributed by atoms with Crippen LogP contribution in [0.2, 0.25) is 0 Å². The summed E-state index contributed by atoms with van der Waals surface area (Å²) in [5, 5.41) is 22.7. The normalized spacial score (nSPS) is 10.5. The number of rotatable bonds is 5. The van der Waals surface area contributed by atoms with Crippen LogP contribution in [0.4, 0.5) is 0 Å². The lowest BCUT2D eigenvalue weighted by molar-refractivity contribution is 0.0954. The maximum atomic E-state index is 12.0. The van der Waals surface area contributed by atoms with Gasteiger partial charge in [0.05, 0.1) is 20.4 Å². The smallest absolute Gasteiger partial charge is 0.271 e. The van der Waals surface area contributed by atoms with E-state index in [1.165, 1.54) is 32.6 Å². The van der Waals surface area contributed by atoms with Crippen LogP contribution in [0.25, 0.3) is 0 Å². The molecule has 0 aliphatic heterocycles. The standard InChI is InChI=1S/C16H16N2O5/c1-22-13-7-6-10(8-14(13)23-2)16(21)18-17-9-11-4-3-5-12(19)15(11)20/h3-9,19-20H,1-2H3,(H,18,21)/b17-9+. The van der Waals surface area contributed by atoms with Gasteiger partial charge in [0.2, 0.25) is 0 Å². The molecule has 0 saturated heterocycles. The molecule has 0 spiro atoms. The number of nitrogens with one attached hydrogen (secondary N) is 1. The van der Waals surface area contributed by atoms with Crippen LogP contribution in [0.5, 0.6) is 23.0 Å². The molecule has 0 unspecified atom stereocenters. The number of phenolic OH excluding ortho intramolecular Hbond substituents is 2. The quantitative estimate of drug-likeness (QED) is 0.444. The molecule has 0 aliphatic rings. The van der Waals surface area contributed by atoms with Crippen LogP contribution in [0.1, 0.15) is 15.9 Å². The number of nitrogens with zero attached hydrogens (tertiary/aromatic N) is 1. The Hall–Kier alpha value is -3.22. The lowest BCUT2D eigenvalue weighted by atomic mass is 10.2. The number of para-hydroxylation sites is 1. The minimum Gasteiger partial charge on any atom is -0.504 e. The summed E-state index contributed by atoms with van der Waals surface area (Å²) in [6.45, 7) is 0. The topological polar surface area (TPSA) is 100 Å². The van der Waals surface area contributed by atoms with E-state index >= 15 is 0 Å². The molecule has 3 N–H and O–H groups in total. The number of hydrogen-bond donors (Lipinski definition) is 3. The van der Waals surface area contributed by atoms with E-state index < -0.39 is 5.91 Å². The second-order valence-corrected chi connectivity index (χ2v) is 4.48. The molecule has 0 saturated carbocycles. The van der Waals surface area contributed by atoms with Gasteiger partial charge in [-0.3, -0.25) is 4.79 Å². The minimum atomic E-state index is -0.457. The van der Waals surface area contributed by atoms with Crippen molar-refractivity contribution in [3.05, 3.63) is 47.5 Å². The van der Waals surface area contributed by atoms with Crippen molar-refractivity contribution in [3.63, 3.8) is 0 Å². The number of ether oxygens (including phenoxy) is 2. The highest BCUT2D eigenvalue weighted by atomic mass is 16.5. The summed E-state index contributed by atoms with van der Waals surface area (Å²) >= 11 is 0. The fourth-order valence-electron chi connectivity index (χ4n) is 1.86. The zero-order valence-electron chi connectivity index (χ0n) is 12.6. The summed E-state index contributed by atoms with van der Waals surface area (Å²) in [5.41, 5.74) is 2.93. The van der Waals surface area contributed by atoms with Gasteiger partial charge in [-0.15, -0.1) is 0 Å². The maximum absolute atomic E-state index is 12.0. The molecule has 0 radical (unpaired) electrons. The Labute approximate surface area is 132 Å². The summed E-state index contributed by atoms with van der Waals surface area (Å²) in [6, 6.07) is 9.13. The lowest BCUT2D eigenvalue weighted by Crippen LogP contribution is -2.17. The molecule has 0 fully saturated rings. The van der Waals surface area contributed by atoms with Gasteiger partial charge in [-0.25, -0.2) is 5.43 Å². The Balaban J connectivity index is 2.10. The predicted octanol–water partition coefficient (Wildman–Crippen LogP) is 1.88. The first-order valence-electron chi connectivity index (χ1n) is 6.63. The first kappa shape index (κ1) is 16.2. The maximum Gasteiger partial charge on any atom is 0.271 e. The van der Waals surface area contributed by atoms with E-state index in [0.29, 0.717) is 17.1 Å². The van der Waals surface area contributed by atoms with Crippen molar-refractivity contribution in [2.75, 3.05) is 14.2 Å². The number of amides is 1. The number of phenols is 2. The van der Waals surface area contributed by atoms with Crippen LogP contribution >= 0.6 is 0 Å². The van der Waals surface area contributed by atoms with Gasteiger partial charge < -0.3 is 19.7 Å². The summed E-state index contributed by atoms with van der Waals surface area (Å²) < 4.78 is 10.2. The molecule has 0 aromatic heterocycles. The van der Waals surface area contributed by atoms with Crippen molar-refractivity contribution >= 4 is 12.1 Å². The molecule has 0 heterocycles. The van der Waals surface area contributed by atoms with Crippen LogP contribution in [0, 0.1) is 0 Å². The van der Waals surface area contributed by atoms with Gasteiger partial charge in [0.1, 0.15) is 0 Å². The Kier molecular flexibility index (Phi) is 5.03. The monoisotopic (exact) mass is 316 g/mol. The van der Waals surface area contributed by atoms with Crippen LogP contribution in [-0.4, -0.2) is 36.6 Å². The number of hydrogen-bond acceptors (Lipinski definition) is 6. The summed E-state index contributed by atoms with van der Waals surface area (Å²) in [6.07, 6.45) is 1.23. The third kappa shape index (κ3) is 3.70. The molecular formula is C16H16N2O5. The van der Waals surface area contributed by atoms with Gasteiger partial charge >= 0.3 is 0 Å². The zero-order chi connectivity index (χ0) is 16.8. The average Bonchev–Trinajstić information content (AvgIpc) is 2.57. The fraction of sp³-hybridized carbons (Fsp3) is 0.125. The average molecular weight is 316 g/mol. The van der Waals surface area contributed by atoms with Crippen LogP contribution < -0.4 is 14.9 Å². The summed E-state index contributed by atoms with van der Waals surface area (Å²) in [7, 11) is 2.98. The minimum absolute atomic E-state index is 0.264. The van der Waals surface area contributed by atoms with Gasteiger partial charge in [-0.05, 0) is 30.3 Å². The Morgan fingerprint density at radius 2 is 1.87 bits per heavy atom. The molecule has 2 aromatic rings. The van der Waals surface area contributed by atoms with E-state index in [4.69, 9.17) is 9.47 Å². The number of carbonyl (C=O) groups is 1. The number of aromatic hydroxyl groups is 2. The van der Waals surface area contributed by atoms with Crippen molar-refractivity contribution < 1.29 is 24.5 Å². The van der Waals surface area contributed by atoms with Gasteiger partial charge in [-0.2, -0.15) is 5.10 Å². The van der Waals surface area contributed by atoms with E-state index in [9.17, 15) is 15.0 Å². The Morgan fingerprint density at radius 3 is 2.57 bits per heavy atom. The van der Waals surface area contributed by atoms with Gasteiger partial charge in [-0.1, -0.05) is 6.07 Å². The van der Waals surface area contributed by atoms with Gasteiger partial charge in [0.15, 0.2) is 23.0 Å². The fourth-order valence-corrected chi connectivity index (χ4v) is 1.86.